The number of aliphatic carboxylic acids is 1. The van der Waals surface area contributed by atoms with Gasteiger partial charge in [-0.2, -0.15) is 0 Å². The lowest BCUT2D eigenvalue weighted by molar-refractivity contribution is -0.138. The number of nitrogens with two attached hydrogens (primary N) is 1. The summed E-state index contributed by atoms with van der Waals surface area (Å²) in [4.78, 5) is 25.2. The summed E-state index contributed by atoms with van der Waals surface area (Å²) in [5, 5.41) is 12.9. The zero-order valence-electron chi connectivity index (χ0n) is 14.9. The van der Waals surface area contributed by atoms with Crippen molar-refractivity contribution >= 4 is 23.3 Å². The number of carboxylic acid groups (broad SMARTS) is 1. The van der Waals surface area contributed by atoms with Crippen LogP contribution in [0.4, 0.5) is 5.95 Å². The van der Waals surface area contributed by atoms with Gasteiger partial charge in [-0.25, -0.2) is 15.0 Å². The molecule has 0 saturated heterocycles. The number of anilines is 1. The van der Waals surface area contributed by atoms with Crippen molar-refractivity contribution in [2.45, 2.75) is 25.8 Å². The SMILES string of the molecule is Cc1nc(-c2ccccc2)sc1-c1ccnc(NCCC[C@H](N)C(=O)O)n1. The number of carboxylic acids is 1. The fourth-order valence-corrected chi connectivity index (χ4v) is 3.60. The zero-order valence-corrected chi connectivity index (χ0v) is 15.7. The molecule has 3 aromatic rings. The van der Waals surface area contributed by atoms with Crippen molar-refractivity contribution in [3.63, 3.8) is 0 Å². The molecule has 7 nitrogen and oxygen atoms in total. The average Bonchev–Trinajstić information content (AvgIpc) is 3.07. The van der Waals surface area contributed by atoms with Crippen LogP contribution in [0, 0.1) is 6.92 Å². The van der Waals surface area contributed by atoms with E-state index in [1.165, 1.54) is 0 Å². The van der Waals surface area contributed by atoms with Crippen LogP contribution in [0.15, 0.2) is 42.6 Å². The summed E-state index contributed by atoms with van der Waals surface area (Å²) in [6, 6.07) is 11.1. The van der Waals surface area contributed by atoms with Crippen molar-refractivity contribution in [2.24, 2.45) is 5.73 Å². The van der Waals surface area contributed by atoms with Gasteiger partial charge in [0.2, 0.25) is 5.95 Å². The van der Waals surface area contributed by atoms with E-state index >= 15 is 0 Å². The molecular weight excluding hydrogens is 362 g/mol. The van der Waals surface area contributed by atoms with Crippen molar-refractivity contribution < 1.29 is 9.90 Å². The van der Waals surface area contributed by atoms with Gasteiger partial charge in [0.1, 0.15) is 11.0 Å². The fraction of sp³-hybridized carbons (Fsp3) is 0.263. The van der Waals surface area contributed by atoms with Crippen molar-refractivity contribution in [2.75, 3.05) is 11.9 Å². The number of hydrogen-bond donors (Lipinski definition) is 3. The Labute approximate surface area is 161 Å². The Balaban J connectivity index is 1.69. The summed E-state index contributed by atoms with van der Waals surface area (Å²) < 4.78 is 0. The first kappa shape index (κ1) is 18.9. The number of rotatable bonds is 8. The summed E-state index contributed by atoms with van der Waals surface area (Å²) in [7, 11) is 0. The van der Waals surface area contributed by atoms with E-state index in [9.17, 15) is 4.79 Å². The molecule has 2 aromatic heterocycles. The highest BCUT2D eigenvalue weighted by atomic mass is 32.1. The van der Waals surface area contributed by atoms with Gasteiger partial charge in [-0.15, -0.1) is 11.3 Å². The largest absolute Gasteiger partial charge is 0.480 e. The van der Waals surface area contributed by atoms with Gasteiger partial charge in [0.25, 0.3) is 0 Å². The van der Waals surface area contributed by atoms with E-state index in [1.807, 2.05) is 43.3 Å². The van der Waals surface area contributed by atoms with Crippen LogP contribution in [0.1, 0.15) is 18.5 Å². The number of benzene rings is 1. The quantitative estimate of drug-likeness (QED) is 0.512. The van der Waals surface area contributed by atoms with Crippen LogP contribution in [0.2, 0.25) is 0 Å². The molecule has 140 valence electrons. The first-order valence-electron chi connectivity index (χ1n) is 8.63. The molecule has 0 unspecified atom stereocenters. The monoisotopic (exact) mass is 383 g/mol. The van der Waals surface area contributed by atoms with E-state index in [-0.39, 0.29) is 0 Å². The topological polar surface area (TPSA) is 114 Å². The van der Waals surface area contributed by atoms with Crippen LogP contribution in [0.3, 0.4) is 0 Å². The molecule has 0 saturated carbocycles. The number of thiazole rings is 1. The smallest absolute Gasteiger partial charge is 0.320 e. The molecule has 3 rings (SSSR count). The number of nitrogens with one attached hydrogen (secondary N) is 1. The molecule has 2 heterocycles. The van der Waals surface area contributed by atoms with E-state index in [4.69, 9.17) is 10.8 Å². The molecule has 1 aromatic carbocycles. The number of aromatic nitrogens is 3. The van der Waals surface area contributed by atoms with Gasteiger partial charge in [-0.05, 0) is 25.8 Å². The minimum Gasteiger partial charge on any atom is -0.480 e. The summed E-state index contributed by atoms with van der Waals surface area (Å²) >= 11 is 1.60. The van der Waals surface area contributed by atoms with E-state index in [2.05, 4.69) is 20.3 Å². The van der Waals surface area contributed by atoms with Crippen LogP contribution in [-0.4, -0.2) is 38.6 Å². The Kier molecular flexibility index (Phi) is 6.10. The van der Waals surface area contributed by atoms with Crippen LogP contribution in [0.5, 0.6) is 0 Å². The highest BCUT2D eigenvalue weighted by molar-refractivity contribution is 7.18. The summed E-state index contributed by atoms with van der Waals surface area (Å²) in [5.41, 5.74) is 8.32. The molecule has 0 radical (unpaired) electrons. The second-order valence-corrected chi connectivity index (χ2v) is 7.08. The molecule has 0 aliphatic rings. The molecule has 4 N–H and O–H groups in total. The summed E-state index contributed by atoms with van der Waals surface area (Å²) in [6.45, 7) is 2.53. The molecule has 0 amide bonds. The second-order valence-electron chi connectivity index (χ2n) is 6.08. The molecule has 0 spiro atoms. The first-order chi connectivity index (χ1) is 13.0. The molecule has 0 bridgehead atoms. The van der Waals surface area contributed by atoms with E-state index in [0.717, 1.165) is 26.8 Å². The number of carbonyl (C=O) groups is 1. The lowest BCUT2D eigenvalue weighted by Gasteiger charge is -2.08. The maximum Gasteiger partial charge on any atom is 0.320 e. The van der Waals surface area contributed by atoms with E-state index in [0.29, 0.717) is 25.3 Å². The molecule has 0 fully saturated rings. The fourth-order valence-electron chi connectivity index (χ4n) is 2.55. The Hall–Kier alpha value is -2.84. The van der Waals surface area contributed by atoms with Gasteiger partial charge in [0.15, 0.2) is 0 Å². The minimum absolute atomic E-state index is 0.399. The van der Waals surface area contributed by atoms with Crippen molar-refractivity contribution in [3.05, 3.63) is 48.3 Å². The van der Waals surface area contributed by atoms with Gasteiger partial charge in [-0.3, -0.25) is 4.79 Å². The Morgan fingerprint density at radius 3 is 2.78 bits per heavy atom. The molecular formula is C19H21N5O2S. The van der Waals surface area contributed by atoms with Gasteiger partial charge in [0.05, 0.1) is 16.3 Å². The molecule has 8 heteroatoms. The third-order valence-corrected chi connectivity index (χ3v) is 5.23. The Morgan fingerprint density at radius 2 is 2.04 bits per heavy atom. The highest BCUT2D eigenvalue weighted by Crippen LogP contribution is 2.34. The highest BCUT2D eigenvalue weighted by Gasteiger charge is 2.13. The summed E-state index contributed by atoms with van der Waals surface area (Å²) in [6.07, 6.45) is 2.73. The van der Waals surface area contributed by atoms with Crippen LogP contribution in [0.25, 0.3) is 21.1 Å². The van der Waals surface area contributed by atoms with Crippen molar-refractivity contribution in [1.82, 2.24) is 15.0 Å². The second kappa shape index (κ2) is 8.70. The van der Waals surface area contributed by atoms with E-state index < -0.39 is 12.0 Å². The maximum absolute atomic E-state index is 10.7. The first-order valence-corrected chi connectivity index (χ1v) is 9.45. The summed E-state index contributed by atoms with van der Waals surface area (Å²) in [5.74, 6) is -0.478. The minimum atomic E-state index is -0.983. The third kappa shape index (κ3) is 4.87. The van der Waals surface area contributed by atoms with Crippen LogP contribution < -0.4 is 11.1 Å². The van der Waals surface area contributed by atoms with Gasteiger partial charge < -0.3 is 16.2 Å². The normalized spacial score (nSPS) is 11.9. The number of nitrogens with zero attached hydrogens (tertiary/aromatic N) is 3. The number of aryl methyl sites for hydroxylation is 1. The average molecular weight is 383 g/mol. The standard InChI is InChI=1S/C19H21N5O2S/c1-12-16(27-17(23-12)13-6-3-2-4-7-13)15-9-11-22-19(24-15)21-10-5-8-14(20)18(25)26/h2-4,6-7,9,11,14H,5,8,10,20H2,1H3,(H,25,26)(H,21,22,24)/t14-/m0/s1. The predicted octanol–water partition coefficient (Wildman–Crippen LogP) is 3.18. The molecule has 27 heavy (non-hydrogen) atoms. The van der Waals surface area contributed by atoms with Gasteiger partial charge in [-0.1, -0.05) is 30.3 Å². The van der Waals surface area contributed by atoms with Crippen molar-refractivity contribution in [1.29, 1.82) is 0 Å². The lowest BCUT2D eigenvalue weighted by Crippen LogP contribution is -2.30. The van der Waals surface area contributed by atoms with Gasteiger partial charge in [0, 0.05) is 18.3 Å². The zero-order chi connectivity index (χ0) is 19.2. The van der Waals surface area contributed by atoms with E-state index in [1.54, 1.807) is 17.5 Å². The molecule has 0 aliphatic heterocycles. The molecule has 0 aliphatic carbocycles. The third-order valence-electron chi connectivity index (χ3n) is 4.00. The Bertz CT molecular complexity index is 913. The van der Waals surface area contributed by atoms with Gasteiger partial charge >= 0.3 is 5.97 Å². The lowest BCUT2D eigenvalue weighted by atomic mass is 10.2. The number of hydrogen-bond acceptors (Lipinski definition) is 7. The van der Waals surface area contributed by atoms with Crippen molar-refractivity contribution in [3.8, 4) is 21.1 Å². The maximum atomic E-state index is 10.7. The van der Waals surface area contributed by atoms with Crippen LogP contribution in [-0.2, 0) is 4.79 Å². The van der Waals surface area contributed by atoms with Crippen LogP contribution >= 0.6 is 11.3 Å². The molecule has 1 atom stereocenters. The Morgan fingerprint density at radius 1 is 1.26 bits per heavy atom. The predicted molar refractivity (Wildman–Crippen MR) is 107 cm³/mol.